The molecule has 1 aliphatic heterocycles. The van der Waals surface area contributed by atoms with Gasteiger partial charge in [-0.1, -0.05) is 6.07 Å². The summed E-state index contributed by atoms with van der Waals surface area (Å²) in [5.74, 6) is -0.108. The number of carbonyl (C=O) groups is 2. The Balaban J connectivity index is 2.01. The predicted molar refractivity (Wildman–Crippen MR) is 66.2 cm³/mol. The van der Waals surface area contributed by atoms with E-state index in [1.54, 1.807) is 17.0 Å². The van der Waals surface area contributed by atoms with Gasteiger partial charge in [0.05, 0.1) is 0 Å². The molecule has 0 saturated carbocycles. The summed E-state index contributed by atoms with van der Waals surface area (Å²) in [5, 5.41) is 12.2. The Kier molecular flexibility index (Phi) is 3.50. The standard InChI is InChI=1S/C13H16N2O3/c1-9(16)14-11-5-6-15(8-11)13(18)10-3-2-4-12(17)7-10/h2-4,7,11,17H,5-6,8H2,1H3,(H,14,16). The highest BCUT2D eigenvalue weighted by Crippen LogP contribution is 2.16. The van der Waals surface area contributed by atoms with Crippen LogP contribution in [0.1, 0.15) is 23.7 Å². The van der Waals surface area contributed by atoms with Gasteiger partial charge in [-0.2, -0.15) is 0 Å². The molecule has 2 amide bonds. The first-order chi connectivity index (χ1) is 8.56. The molecule has 0 aliphatic carbocycles. The molecule has 0 spiro atoms. The molecule has 2 rings (SSSR count). The molecule has 1 fully saturated rings. The van der Waals surface area contributed by atoms with Crippen molar-refractivity contribution in [3.05, 3.63) is 29.8 Å². The molecule has 0 bridgehead atoms. The van der Waals surface area contributed by atoms with Crippen molar-refractivity contribution in [2.75, 3.05) is 13.1 Å². The largest absolute Gasteiger partial charge is 0.508 e. The van der Waals surface area contributed by atoms with Crippen molar-refractivity contribution in [1.82, 2.24) is 10.2 Å². The van der Waals surface area contributed by atoms with Gasteiger partial charge in [-0.25, -0.2) is 0 Å². The van der Waals surface area contributed by atoms with Crippen molar-refractivity contribution in [3.8, 4) is 5.75 Å². The third-order valence-corrected chi connectivity index (χ3v) is 2.98. The summed E-state index contributed by atoms with van der Waals surface area (Å²) in [6, 6.07) is 6.33. The van der Waals surface area contributed by atoms with Gasteiger partial charge in [0.25, 0.3) is 5.91 Å². The summed E-state index contributed by atoms with van der Waals surface area (Å²) in [4.78, 5) is 24.8. The maximum absolute atomic E-state index is 12.1. The molecule has 0 aromatic heterocycles. The van der Waals surface area contributed by atoms with Gasteiger partial charge in [0.2, 0.25) is 5.91 Å². The topological polar surface area (TPSA) is 69.6 Å². The van der Waals surface area contributed by atoms with Crippen molar-refractivity contribution in [2.45, 2.75) is 19.4 Å². The van der Waals surface area contributed by atoms with Crippen LogP contribution in [-0.2, 0) is 4.79 Å². The van der Waals surface area contributed by atoms with Crippen LogP contribution in [0, 0.1) is 0 Å². The van der Waals surface area contributed by atoms with Crippen LogP contribution < -0.4 is 5.32 Å². The van der Waals surface area contributed by atoms with Gasteiger partial charge in [-0.15, -0.1) is 0 Å². The van der Waals surface area contributed by atoms with Crippen LogP contribution in [0.25, 0.3) is 0 Å². The van der Waals surface area contributed by atoms with Crippen molar-refractivity contribution in [3.63, 3.8) is 0 Å². The molecular weight excluding hydrogens is 232 g/mol. The Morgan fingerprint density at radius 1 is 1.44 bits per heavy atom. The first kappa shape index (κ1) is 12.4. The Labute approximate surface area is 105 Å². The first-order valence-corrected chi connectivity index (χ1v) is 5.91. The summed E-state index contributed by atoms with van der Waals surface area (Å²) >= 11 is 0. The van der Waals surface area contributed by atoms with E-state index in [0.29, 0.717) is 18.7 Å². The van der Waals surface area contributed by atoms with E-state index in [-0.39, 0.29) is 23.6 Å². The van der Waals surface area contributed by atoms with Crippen molar-refractivity contribution in [1.29, 1.82) is 0 Å². The number of nitrogens with one attached hydrogen (secondary N) is 1. The van der Waals surface area contributed by atoms with Crippen molar-refractivity contribution in [2.24, 2.45) is 0 Å². The van der Waals surface area contributed by atoms with E-state index < -0.39 is 0 Å². The number of carbonyl (C=O) groups excluding carboxylic acids is 2. The number of hydrogen-bond donors (Lipinski definition) is 2. The molecule has 0 radical (unpaired) electrons. The van der Waals surface area contributed by atoms with Crippen molar-refractivity contribution >= 4 is 11.8 Å². The zero-order chi connectivity index (χ0) is 13.1. The Morgan fingerprint density at radius 3 is 2.89 bits per heavy atom. The van der Waals surface area contributed by atoms with Gasteiger partial charge in [0, 0.05) is 31.6 Å². The first-order valence-electron chi connectivity index (χ1n) is 5.91. The number of benzene rings is 1. The van der Waals surface area contributed by atoms with E-state index in [1.165, 1.54) is 19.1 Å². The highest BCUT2D eigenvalue weighted by atomic mass is 16.3. The van der Waals surface area contributed by atoms with Crippen LogP contribution in [0.15, 0.2) is 24.3 Å². The zero-order valence-corrected chi connectivity index (χ0v) is 10.2. The van der Waals surface area contributed by atoms with E-state index in [2.05, 4.69) is 5.32 Å². The van der Waals surface area contributed by atoms with E-state index in [1.807, 2.05) is 0 Å². The number of aromatic hydroxyl groups is 1. The molecule has 1 heterocycles. The van der Waals surface area contributed by atoms with Gasteiger partial charge in [0.1, 0.15) is 5.75 Å². The summed E-state index contributed by atoms with van der Waals surface area (Å²) in [7, 11) is 0. The zero-order valence-electron chi connectivity index (χ0n) is 10.2. The number of phenolic OH excluding ortho intramolecular Hbond substituents is 1. The lowest BCUT2D eigenvalue weighted by molar-refractivity contribution is -0.119. The number of rotatable bonds is 2. The third-order valence-electron chi connectivity index (χ3n) is 2.98. The molecular formula is C13H16N2O3. The van der Waals surface area contributed by atoms with Gasteiger partial charge in [-0.05, 0) is 24.6 Å². The van der Waals surface area contributed by atoms with Crippen LogP contribution in [0.4, 0.5) is 0 Å². The number of phenols is 1. The second-order valence-corrected chi connectivity index (χ2v) is 4.49. The fraction of sp³-hybridized carbons (Fsp3) is 0.385. The van der Waals surface area contributed by atoms with Crippen LogP contribution in [0.5, 0.6) is 5.75 Å². The minimum Gasteiger partial charge on any atom is -0.508 e. The molecule has 2 N–H and O–H groups in total. The molecule has 1 aliphatic rings. The maximum Gasteiger partial charge on any atom is 0.254 e. The smallest absolute Gasteiger partial charge is 0.254 e. The maximum atomic E-state index is 12.1. The molecule has 1 unspecified atom stereocenters. The second kappa shape index (κ2) is 5.08. The van der Waals surface area contributed by atoms with Crippen LogP contribution in [0.2, 0.25) is 0 Å². The van der Waals surface area contributed by atoms with Gasteiger partial charge >= 0.3 is 0 Å². The van der Waals surface area contributed by atoms with Gasteiger partial charge in [0.15, 0.2) is 0 Å². The van der Waals surface area contributed by atoms with Crippen LogP contribution in [-0.4, -0.2) is 41.0 Å². The van der Waals surface area contributed by atoms with Crippen molar-refractivity contribution < 1.29 is 14.7 Å². The highest BCUT2D eigenvalue weighted by molar-refractivity contribution is 5.94. The number of hydrogen-bond acceptors (Lipinski definition) is 3. The molecule has 5 nitrogen and oxygen atoms in total. The quantitative estimate of drug-likeness (QED) is 0.811. The van der Waals surface area contributed by atoms with Crippen LogP contribution in [0.3, 0.4) is 0 Å². The Hall–Kier alpha value is -2.04. The lowest BCUT2D eigenvalue weighted by atomic mass is 10.2. The molecule has 96 valence electrons. The minimum atomic E-state index is -0.112. The van der Waals surface area contributed by atoms with E-state index in [9.17, 15) is 14.7 Å². The lowest BCUT2D eigenvalue weighted by Gasteiger charge is -2.16. The normalized spacial score (nSPS) is 18.7. The molecule has 5 heteroatoms. The molecule has 1 atom stereocenters. The fourth-order valence-electron chi connectivity index (χ4n) is 2.17. The van der Waals surface area contributed by atoms with E-state index in [4.69, 9.17) is 0 Å². The van der Waals surface area contributed by atoms with E-state index >= 15 is 0 Å². The second-order valence-electron chi connectivity index (χ2n) is 4.49. The number of nitrogens with zero attached hydrogens (tertiary/aromatic N) is 1. The summed E-state index contributed by atoms with van der Waals surface area (Å²) in [6.07, 6.45) is 0.768. The summed E-state index contributed by atoms with van der Waals surface area (Å²) in [5.41, 5.74) is 0.471. The summed E-state index contributed by atoms with van der Waals surface area (Å²) < 4.78 is 0. The van der Waals surface area contributed by atoms with E-state index in [0.717, 1.165) is 6.42 Å². The number of likely N-dealkylation sites (tertiary alicyclic amines) is 1. The Bertz CT molecular complexity index is 473. The van der Waals surface area contributed by atoms with Gasteiger partial charge in [-0.3, -0.25) is 9.59 Å². The lowest BCUT2D eigenvalue weighted by Crippen LogP contribution is -2.37. The molecule has 1 aromatic rings. The highest BCUT2D eigenvalue weighted by Gasteiger charge is 2.27. The average Bonchev–Trinajstić information content (AvgIpc) is 2.75. The third kappa shape index (κ3) is 2.80. The Morgan fingerprint density at radius 2 is 2.22 bits per heavy atom. The number of amides is 2. The summed E-state index contributed by atoms with van der Waals surface area (Å²) in [6.45, 7) is 2.62. The molecule has 18 heavy (non-hydrogen) atoms. The SMILES string of the molecule is CC(=O)NC1CCN(C(=O)c2cccc(O)c2)C1. The molecule has 1 saturated heterocycles. The molecule has 1 aromatic carbocycles. The fourth-order valence-corrected chi connectivity index (χ4v) is 2.17. The van der Waals surface area contributed by atoms with Gasteiger partial charge < -0.3 is 15.3 Å². The minimum absolute atomic E-state index is 0.0313. The monoisotopic (exact) mass is 248 g/mol. The predicted octanol–water partition coefficient (Wildman–Crippen LogP) is 0.743. The van der Waals surface area contributed by atoms with Crippen LogP contribution >= 0.6 is 0 Å². The average molecular weight is 248 g/mol.